The largest absolute Gasteiger partial charge is 0.497 e. The molecule has 1 aromatic carbocycles. The number of hydrazone groups is 1. The molecule has 4 rings (SSSR count). The van der Waals surface area contributed by atoms with E-state index < -0.39 is 9.84 Å². The summed E-state index contributed by atoms with van der Waals surface area (Å²) in [6.45, 7) is 1.89. The van der Waals surface area contributed by atoms with Gasteiger partial charge in [-0.2, -0.15) is 5.10 Å². The summed E-state index contributed by atoms with van der Waals surface area (Å²) in [4.78, 5) is 13.6. The average molecular weight is 390 g/mol. The number of hydrogen-bond acceptors (Lipinski definition) is 6. The molecule has 2 aliphatic heterocycles. The van der Waals surface area contributed by atoms with Crippen LogP contribution in [0.1, 0.15) is 23.3 Å². The van der Waals surface area contributed by atoms with E-state index in [1.54, 1.807) is 31.4 Å². The fourth-order valence-corrected chi connectivity index (χ4v) is 6.54. The maximum Gasteiger partial charge on any atom is 0.248 e. The lowest BCUT2D eigenvalue weighted by Gasteiger charge is -2.28. The van der Waals surface area contributed by atoms with Gasteiger partial charge in [-0.15, -0.1) is 11.3 Å². The summed E-state index contributed by atoms with van der Waals surface area (Å²) in [6.07, 6.45) is 0.679. The van der Waals surface area contributed by atoms with Gasteiger partial charge in [0.15, 0.2) is 9.84 Å². The van der Waals surface area contributed by atoms with E-state index in [1.807, 2.05) is 13.0 Å². The monoisotopic (exact) mass is 390 g/mol. The van der Waals surface area contributed by atoms with Gasteiger partial charge < -0.3 is 4.74 Å². The normalized spacial score (nSPS) is 21.5. The molecule has 2 aromatic rings. The number of methoxy groups -OCH3 is 1. The molecular weight excluding hydrogens is 372 g/mol. The van der Waals surface area contributed by atoms with Crippen molar-refractivity contribution in [2.75, 3.05) is 17.9 Å². The highest BCUT2D eigenvalue weighted by Crippen LogP contribution is 2.38. The van der Waals surface area contributed by atoms with Crippen LogP contribution in [0.3, 0.4) is 0 Å². The molecule has 1 atom stereocenters. The van der Waals surface area contributed by atoms with Crippen LogP contribution in [0.25, 0.3) is 0 Å². The van der Waals surface area contributed by atoms with E-state index in [9.17, 15) is 13.2 Å². The van der Waals surface area contributed by atoms with Crippen LogP contribution in [-0.4, -0.2) is 32.9 Å². The molecule has 0 N–H and O–H groups in total. The minimum absolute atomic E-state index is 0.0550. The Morgan fingerprint density at radius 1 is 1.27 bits per heavy atom. The van der Waals surface area contributed by atoms with Crippen LogP contribution in [0.15, 0.2) is 39.6 Å². The summed E-state index contributed by atoms with van der Waals surface area (Å²) in [5.41, 5.74) is 1.99. The van der Waals surface area contributed by atoms with Crippen LogP contribution in [0, 0.1) is 12.8 Å². The Morgan fingerprint density at radius 3 is 2.69 bits per heavy atom. The maximum absolute atomic E-state index is 12.6. The van der Waals surface area contributed by atoms with Gasteiger partial charge in [-0.25, -0.2) is 13.4 Å². The highest BCUT2D eigenvalue weighted by molar-refractivity contribution is 7.93. The number of thiophene rings is 1. The number of carbonyl (C=O) groups excluding carboxylic acids is 1. The molecule has 0 radical (unpaired) electrons. The van der Waals surface area contributed by atoms with E-state index in [0.29, 0.717) is 33.3 Å². The summed E-state index contributed by atoms with van der Waals surface area (Å²) in [5.74, 6) is 0.457. The van der Waals surface area contributed by atoms with Gasteiger partial charge in [-0.05, 0) is 43.7 Å². The smallest absolute Gasteiger partial charge is 0.248 e. The molecule has 0 spiro atoms. The Morgan fingerprint density at radius 2 is 2.00 bits per heavy atom. The van der Waals surface area contributed by atoms with Gasteiger partial charge in [0, 0.05) is 22.8 Å². The van der Waals surface area contributed by atoms with Crippen LogP contribution < -0.4 is 9.75 Å². The van der Waals surface area contributed by atoms with Gasteiger partial charge in [-0.3, -0.25) is 4.79 Å². The number of nitrogens with zero attached hydrogens (tertiary/aromatic N) is 2. The number of fused-ring (bicyclic) bond motifs is 3. The molecule has 0 saturated carbocycles. The first kappa shape index (κ1) is 17.2. The molecule has 0 fully saturated rings. The molecular formula is C18H18N2O4S2. The molecule has 1 amide bonds. The van der Waals surface area contributed by atoms with E-state index in [1.165, 1.54) is 16.3 Å². The number of carbonyl (C=O) groups is 1. The minimum atomic E-state index is -3.33. The van der Waals surface area contributed by atoms with Crippen molar-refractivity contribution in [3.63, 3.8) is 0 Å². The van der Waals surface area contributed by atoms with Crippen molar-refractivity contribution in [2.45, 2.75) is 24.0 Å². The number of ether oxygens (including phenoxy) is 1. The number of amides is 1. The second-order valence-electron chi connectivity index (χ2n) is 6.46. The number of aryl methyl sites for hydroxylation is 1. The van der Waals surface area contributed by atoms with E-state index in [4.69, 9.17) is 4.74 Å². The lowest BCUT2D eigenvalue weighted by molar-refractivity contribution is -0.119. The number of benzene rings is 1. The third-order valence-electron chi connectivity index (χ3n) is 4.68. The molecule has 1 unspecified atom stereocenters. The maximum atomic E-state index is 12.6. The van der Waals surface area contributed by atoms with Gasteiger partial charge in [0.2, 0.25) is 5.91 Å². The minimum Gasteiger partial charge on any atom is -0.497 e. The van der Waals surface area contributed by atoms with Crippen LogP contribution in [0.2, 0.25) is 0 Å². The second-order valence-corrected chi connectivity index (χ2v) is 10.0. The Bertz CT molecular complexity index is 1010. The predicted molar refractivity (Wildman–Crippen MR) is 101 cm³/mol. The van der Waals surface area contributed by atoms with Crippen molar-refractivity contribution in [3.8, 4) is 5.75 Å². The van der Waals surface area contributed by atoms with Gasteiger partial charge in [0.1, 0.15) is 9.96 Å². The summed E-state index contributed by atoms with van der Waals surface area (Å²) in [5, 5.41) is 5.97. The van der Waals surface area contributed by atoms with Crippen molar-refractivity contribution in [3.05, 3.63) is 40.8 Å². The third kappa shape index (κ3) is 2.83. The van der Waals surface area contributed by atoms with Gasteiger partial charge in [0.25, 0.3) is 0 Å². The topological polar surface area (TPSA) is 76.0 Å². The lowest BCUT2D eigenvalue weighted by atomic mass is 9.91. The number of hydrogen-bond donors (Lipinski definition) is 0. The lowest BCUT2D eigenvalue weighted by Crippen LogP contribution is -2.37. The standard InChI is InChI=1S/C18H18N2O4S2/c1-11-9-15-17-12(7-8-26(22,23)18(15)25-11)10-16(21)20(19-17)13-3-5-14(24-2)6-4-13/h3-6,9,12H,7-8,10H2,1-2H3. The molecule has 136 valence electrons. The Labute approximate surface area is 156 Å². The molecule has 0 aliphatic carbocycles. The van der Waals surface area contributed by atoms with Gasteiger partial charge in [-0.1, -0.05) is 0 Å². The Hall–Kier alpha value is -2.19. The van der Waals surface area contributed by atoms with Crippen molar-refractivity contribution < 1.29 is 17.9 Å². The van der Waals surface area contributed by atoms with E-state index >= 15 is 0 Å². The van der Waals surface area contributed by atoms with Crippen molar-refractivity contribution >= 4 is 38.5 Å². The van der Waals surface area contributed by atoms with Crippen molar-refractivity contribution in [1.82, 2.24) is 0 Å². The Balaban J connectivity index is 1.83. The molecule has 0 saturated heterocycles. The van der Waals surface area contributed by atoms with Gasteiger partial charge in [0.05, 0.1) is 24.3 Å². The number of anilines is 1. The van der Waals surface area contributed by atoms with Crippen molar-refractivity contribution in [1.29, 1.82) is 0 Å². The first-order chi connectivity index (χ1) is 12.4. The Kier molecular flexibility index (Phi) is 4.11. The van der Waals surface area contributed by atoms with Crippen molar-refractivity contribution in [2.24, 2.45) is 11.0 Å². The molecule has 2 aliphatic rings. The van der Waals surface area contributed by atoms with E-state index in [2.05, 4.69) is 5.10 Å². The highest BCUT2D eigenvalue weighted by Gasteiger charge is 2.38. The van der Waals surface area contributed by atoms with Crippen LogP contribution >= 0.6 is 11.3 Å². The summed E-state index contributed by atoms with van der Waals surface area (Å²) in [7, 11) is -1.75. The van der Waals surface area contributed by atoms with Crippen LogP contribution in [0.4, 0.5) is 5.69 Å². The van der Waals surface area contributed by atoms with Gasteiger partial charge >= 0.3 is 0 Å². The molecule has 26 heavy (non-hydrogen) atoms. The fourth-order valence-electron chi connectivity index (χ4n) is 3.37. The van der Waals surface area contributed by atoms with E-state index in [0.717, 1.165) is 4.88 Å². The average Bonchev–Trinajstić information content (AvgIpc) is 2.99. The second kappa shape index (κ2) is 6.21. The van der Waals surface area contributed by atoms with E-state index in [-0.39, 0.29) is 24.0 Å². The highest BCUT2D eigenvalue weighted by atomic mass is 32.2. The number of rotatable bonds is 2. The molecule has 1 aromatic heterocycles. The molecule has 0 bridgehead atoms. The zero-order valence-electron chi connectivity index (χ0n) is 14.4. The first-order valence-electron chi connectivity index (χ1n) is 8.28. The fraction of sp³-hybridized carbons (Fsp3) is 0.333. The molecule has 6 nitrogen and oxygen atoms in total. The summed E-state index contributed by atoms with van der Waals surface area (Å²) < 4.78 is 30.7. The SMILES string of the molecule is COc1ccc(N2N=C3c4cc(C)sc4S(=O)(=O)CCC3CC2=O)cc1. The van der Waals surface area contributed by atoms with Crippen LogP contribution in [-0.2, 0) is 14.6 Å². The molecule has 8 heteroatoms. The summed E-state index contributed by atoms with van der Waals surface area (Å²) >= 11 is 1.28. The predicted octanol–water partition coefficient (Wildman–Crippen LogP) is 3.00. The zero-order valence-corrected chi connectivity index (χ0v) is 16.1. The molecule has 3 heterocycles. The third-order valence-corrected chi connectivity index (χ3v) is 8.10. The first-order valence-corrected chi connectivity index (χ1v) is 10.7. The quantitative estimate of drug-likeness (QED) is 0.790. The number of sulfone groups is 1. The summed E-state index contributed by atoms with van der Waals surface area (Å²) in [6, 6.07) is 8.96. The van der Waals surface area contributed by atoms with Crippen LogP contribution in [0.5, 0.6) is 5.75 Å². The zero-order chi connectivity index (χ0) is 18.5.